The smallest absolute Gasteiger partial charge is 0.325 e. The average Bonchev–Trinajstić information content (AvgIpc) is 3.28. The summed E-state index contributed by atoms with van der Waals surface area (Å²) in [4.78, 5) is 41.3. The number of aliphatic carboxylic acids is 1. The van der Waals surface area contributed by atoms with E-state index in [0.717, 1.165) is 5.56 Å². The summed E-state index contributed by atoms with van der Waals surface area (Å²) in [5.74, 6) is -4.32. The van der Waals surface area contributed by atoms with Gasteiger partial charge in [0, 0.05) is 6.04 Å². The number of fused-ring (bicyclic) bond motifs is 1. The topological polar surface area (TPSA) is 110 Å². The molecule has 5 unspecified atom stereocenters. The van der Waals surface area contributed by atoms with Crippen LogP contribution in [0.1, 0.15) is 43.0 Å². The summed E-state index contributed by atoms with van der Waals surface area (Å²) >= 11 is 0. The molecule has 0 radical (unpaired) electrons. The summed E-state index contributed by atoms with van der Waals surface area (Å²) in [5, 5.41) is 22.7. The number of carboxylic acids is 1. The van der Waals surface area contributed by atoms with Gasteiger partial charge in [-0.15, -0.1) is 0 Å². The maximum Gasteiger partial charge on any atom is 0.325 e. The third kappa shape index (κ3) is 2.94. The first-order valence-corrected chi connectivity index (χ1v) is 10.7. The van der Waals surface area contributed by atoms with Crippen LogP contribution in [0.3, 0.4) is 0 Å². The summed E-state index contributed by atoms with van der Waals surface area (Å²) in [6, 6.07) is 15.2. The van der Waals surface area contributed by atoms with E-state index in [9.17, 15) is 19.5 Å². The molecule has 0 saturated carbocycles. The monoisotopic (exact) mass is 431 g/mol. The molecule has 164 valence electrons. The number of hydrogen-bond donors (Lipinski definition) is 2. The Morgan fingerprint density at radius 3 is 2.41 bits per heavy atom. The maximum atomic E-state index is 13.7. The SMILES string of the molecule is CCC(C)C1(C(=O)O)NC(c2ccc(C#N)cc2)C2C(=O)N(c3ccccc3C)C(=O)C21. The van der Waals surface area contributed by atoms with Crippen molar-refractivity contribution in [3.63, 3.8) is 0 Å². The van der Waals surface area contributed by atoms with Gasteiger partial charge >= 0.3 is 5.97 Å². The highest BCUT2D eigenvalue weighted by Crippen LogP contribution is 2.53. The van der Waals surface area contributed by atoms with Crippen LogP contribution in [0.5, 0.6) is 0 Å². The molecule has 0 aliphatic carbocycles. The molecule has 2 aliphatic heterocycles. The number of nitrogens with one attached hydrogen (secondary N) is 1. The van der Waals surface area contributed by atoms with Crippen LogP contribution in [-0.4, -0.2) is 28.4 Å². The summed E-state index contributed by atoms with van der Waals surface area (Å²) in [5.41, 5.74) is 0.811. The van der Waals surface area contributed by atoms with Crippen molar-refractivity contribution in [2.24, 2.45) is 17.8 Å². The second-order valence-electron chi connectivity index (χ2n) is 8.64. The van der Waals surface area contributed by atoms with Gasteiger partial charge in [-0.25, -0.2) is 4.90 Å². The summed E-state index contributed by atoms with van der Waals surface area (Å²) in [6.45, 7) is 5.49. The fourth-order valence-electron chi connectivity index (χ4n) is 5.23. The standard InChI is InChI=1S/C25H25N3O4/c1-4-15(3)25(24(31)32)20-19(21(27-25)17-11-9-16(13-26)10-12-17)22(29)28(23(20)30)18-8-6-5-7-14(18)2/h5-12,15,19-21,27H,4H2,1-3H3,(H,31,32). The minimum absolute atomic E-state index is 0.399. The molecule has 2 heterocycles. The summed E-state index contributed by atoms with van der Waals surface area (Å²) in [7, 11) is 0. The van der Waals surface area contributed by atoms with E-state index in [1.165, 1.54) is 4.90 Å². The van der Waals surface area contributed by atoms with Gasteiger partial charge in [0.2, 0.25) is 11.8 Å². The molecule has 0 bridgehead atoms. The maximum absolute atomic E-state index is 13.7. The number of anilines is 1. The number of carbonyl (C=O) groups excluding carboxylic acids is 2. The Balaban J connectivity index is 1.90. The van der Waals surface area contributed by atoms with Crippen LogP contribution in [0.4, 0.5) is 5.69 Å². The van der Waals surface area contributed by atoms with Crippen LogP contribution in [0.15, 0.2) is 48.5 Å². The van der Waals surface area contributed by atoms with Gasteiger partial charge in [0.15, 0.2) is 0 Å². The molecule has 2 N–H and O–H groups in total. The van der Waals surface area contributed by atoms with Crippen LogP contribution in [0.2, 0.25) is 0 Å². The van der Waals surface area contributed by atoms with Crippen LogP contribution in [0, 0.1) is 36.0 Å². The number of carbonyl (C=O) groups is 3. The van der Waals surface area contributed by atoms with Crippen molar-refractivity contribution >= 4 is 23.5 Å². The fourth-order valence-corrected chi connectivity index (χ4v) is 5.23. The Morgan fingerprint density at radius 1 is 1.19 bits per heavy atom. The molecule has 2 aromatic carbocycles. The molecular weight excluding hydrogens is 406 g/mol. The van der Waals surface area contributed by atoms with Crippen molar-refractivity contribution in [3.8, 4) is 6.07 Å². The first-order chi connectivity index (χ1) is 15.3. The van der Waals surface area contributed by atoms with Crippen molar-refractivity contribution in [1.29, 1.82) is 5.26 Å². The Hall–Kier alpha value is -3.50. The van der Waals surface area contributed by atoms with E-state index in [1.54, 1.807) is 43.3 Å². The Bertz CT molecular complexity index is 1140. The van der Waals surface area contributed by atoms with Gasteiger partial charge in [-0.1, -0.05) is 50.6 Å². The number of rotatable bonds is 5. The zero-order valence-corrected chi connectivity index (χ0v) is 18.2. The van der Waals surface area contributed by atoms with Crippen LogP contribution >= 0.6 is 0 Å². The lowest BCUT2D eigenvalue weighted by molar-refractivity contribution is -0.151. The van der Waals surface area contributed by atoms with Gasteiger partial charge in [0.1, 0.15) is 5.54 Å². The van der Waals surface area contributed by atoms with E-state index in [4.69, 9.17) is 5.26 Å². The third-order valence-electron chi connectivity index (χ3n) is 7.09. The highest BCUT2D eigenvalue weighted by Gasteiger charge is 2.70. The van der Waals surface area contributed by atoms with E-state index in [-0.39, 0.29) is 0 Å². The third-order valence-corrected chi connectivity index (χ3v) is 7.09. The van der Waals surface area contributed by atoms with Gasteiger partial charge in [0.25, 0.3) is 0 Å². The number of benzene rings is 2. The lowest BCUT2D eigenvalue weighted by Crippen LogP contribution is -2.59. The minimum atomic E-state index is -1.58. The number of nitriles is 1. The van der Waals surface area contributed by atoms with E-state index < -0.39 is 47.1 Å². The van der Waals surface area contributed by atoms with E-state index in [2.05, 4.69) is 11.4 Å². The van der Waals surface area contributed by atoms with E-state index in [1.807, 2.05) is 26.0 Å². The summed E-state index contributed by atoms with van der Waals surface area (Å²) < 4.78 is 0. The first kappa shape index (κ1) is 21.7. The normalized spacial score (nSPS) is 27.8. The molecule has 2 saturated heterocycles. The van der Waals surface area contributed by atoms with Crippen molar-refractivity contribution < 1.29 is 19.5 Å². The molecule has 7 heteroatoms. The lowest BCUT2D eigenvalue weighted by atomic mass is 9.72. The molecule has 5 atom stereocenters. The number of carboxylic acid groups (broad SMARTS) is 1. The van der Waals surface area contributed by atoms with Crippen LogP contribution < -0.4 is 10.2 Å². The quantitative estimate of drug-likeness (QED) is 0.704. The predicted octanol–water partition coefficient (Wildman–Crippen LogP) is 3.19. The second kappa shape index (κ2) is 7.88. The average molecular weight is 431 g/mol. The van der Waals surface area contributed by atoms with Crippen molar-refractivity contribution in [2.75, 3.05) is 4.90 Å². The molecule has 2 aromatic rings. The molecule has 0 aromatic heterocycles. The van der Waals surface area contributed by atoms with Crippen LogP contribution in [0.25, 0.3) is 0 Å². The zero-order chi connectivity index (χ0) is 23.2. The van der Waals surface area contributed by atoms with E-state index in [0.29, 0.717) is 23.2 Å². The molecule has 2 aliphatic rings. The molecule has 2 amide bonds. The molecule has 4 rings (SSSR count). The highest BCUT2D eigenvalue weighted by molar-refractivity contribution is 6.24. The number of para-hydroxylation sites is 1. The van der Waals surface area contributed by atoms with Gasteiger partial charge in [-0.2, -0.15) is 5.26 Å². The number of imide groups is 1. The van der Waals surface area contributed by atoms with Gasteiger partial charge in [-0.3, -0.25) is 19.7 Å². The zero-order valence-electron chi connectivity index (χ0n) is 18.2. The molecule has 0 spiro atoms. The Morgan fingerprint density at radius 2 is 1.84 bits per heavy atom. The first-order valence-electron chi connectivity index (χ1n) is 10.7. The molecular formula is C25H25N3O4. The fraction of sp³-hybridized carbons (Fsp3) is 0.360. The van der Waals surface area contributed by atoms with Gasteiger partial charge < -0.3 is 5.11 Å². The Labute approximate surface area is 186 Å². The highest BCUT2D eigenvalue weighted by atomic mass is 16.4. The van der Waals surface area contributed by atoms with Crippen molar-refractivity contribution in [3.05, 3.63) is 65.2 Å². The molecule has 7 nitrogen and oxygen atoms in total. The summed E-state index contributed by atoms with van der Waals surface area (Å²) in [6.07, 6.45) is 0.522. The van der Waals surface area contributed by atoms with Gasteiger partial charge in [0.05, 0.1) is 29.2 Å². The van der Waals surface area contributed by atoms with E-state index >= 15 is 0 Å². The van der Waals surface area contributed by atoms with Gasteiger partial charge in [-0.05, 0) is 42.2 Å². The van der Waals surface area contributed by atoms with Crippen LogP contribution in [-0.2, 0) is 14.4 Å². The number of hydrogen-bond acceptors (Lipinski definition) is 5. The Kier molecular flexibility index (Phi) is 5.35. The largest absolute Gasteiger partial charge is 0.480 e. The second-order valence-corrected chi connectivity index (χ2v) is 8.64. The van der Waals surface area contributed by atoms with Crippen molar-refractivity contribution in [2.45, 2.75) is 38.8 Å². The van der Waals surface area contributed by atoms with Crippen molar-refractivity contribution in [1.82, 2.24) is 5.32 Å². The number of nitrogens with zero attached hydrogens (tertiary/aromatic N) is 2. The molecule has 32 heavy (non-hydrogen) atoms. The minimum Gasteiger partial charge on any atom is -0.480 e. The lowest BCUT2D eigenvalue weighted by Gasteiger charge is -2.36. The number of amides is 2. The molecule has 2 fully saturated rings. The predicted molar refractivity (Wildman–Crippen MR) is 118 cm³/mol. The number of aryl methyl sites for hydroxylation is 1.